The highest BCUT2D eigenvalue weighted by molar-refractivity contribution is 6.14. The molecule has 270 valence electrons. The van der Waals surface area contributed by atoms with Crippen LogP contribution in [0.4, 0.5) is 0 Å². The van der Waals surface area contributed by atoms with Crippen molar-refractivity contribution in [3.63, 3.8) is 0 Å². The van der Waals surface area contributed by atoms with Gasteiger partial charge in [0.15, 0.2) is 0 Å². The van der Waals surface area contributed by atoms with Gasteiger partial charge in [-0.05, 0) is 83.9 Å². The zero-order valence-corrected chi connectivity index (χ0v) is 31.1. The predicted molar refractivity (Wildman–Crippen MR) is 222 cm³/mol. The van der Waals surface area contributed by atoms with Gasteiger partial charge < -0.3 is 28.1 Å². The molecule has 0 atom stereocenters. The van der Waals surface area contributed by atoms with Crippen LogP contribution in [0.2, 0.25) is 0 Å². The summed E-state index contributed by atoms with van der Waals surface area (Å²) in [6, 6.07) is 48.8. The van der Waals surface area contributed by atoms with Gasteiger partial charge in [0.1, 0.15) is 23.0 Å². The third kappa shape index (κ3) is 5.35. The fourth-order valence-electron chi connectivity index (χ4n) is 7.89. The number of methoxy groups -OCH3 is 4. The second-order valence-corrected chi connectivity index (χ2v) is 13.4. The number of fused-ring (bicyclic) bond motifs is 6. The lowest BCUT2D eigenvalue weighted by molar-refractivity contribution is 0.415. The third-order valence-electron chi connectivity index (χ3n) is 10.6. The summed E-state index contributed by atoms with van der Waals surface area (Å²) in [4.78, 5) is 0. The quantitative estimate of drug-likeness (QED) is 0.154. The van der Waals surface area contributed by atoms with E-state index in [9.17, 15) is 10.5 Å². The summed E-state index contributed by atoms with van der Waals surface area (Å²) >= 11 is 0. The van der Waals surface area contributed by atoms with E-state index in [0.29, 0.717) is 34.1 Å². The van der Waals surface area contributed by atoms with Gasteiger partial charge >= 0.3 is 0 Å². The molecular formula is C48H34N4O4. The summed E-state index contributed by atoms with van der Waals surface area (Å²) in [6.45, 7) is 0. The first kappa shape index (κ1) is 34.1. The van der Waals surface area contributed by atoms with Crippen molar-refractivity contribution >= 4 is 43.6 Å². The van der Waals surface area contributed by atoms with E-state index in [1.807, 2.05) is 72.8 Å². The van der Waals surface area contributed by atoms with E-state index in [1.165, 1.54) is 0 Å². The summed E-state index contributed by atoms with van der Waals surface area (Å²) in [5, 5.41) is 23.7. The van der Waals surface area contributed by atoms with Gasteiger partial charge in [-0.2, -0.15) is 10.5 Å². The van der Waals surface area contributed by atoms with Crippen molar-refractivity contribution in [3.8, 4) is 68.8 Å². The van der Waals surface area contributed by atoms with Crippen LogP contribution in [0.3, 0.4) is 0 Å². The molecule has 9 rings (SSSR count). The van der Waals surface area contributed by atoms with Gasteiger partial charge in [0.2, 0.25) is 0 Å². The van der Waals surface area contributed by atoms with Gasteiger partial charge in [0.05, 0.1) is 85.1 Å². The topological polar surface area (TPSA) is 94.4 Å². The Kier molecular flexibility index (Phi) is 8.30. The van der Waals surface area contributed by atoms with Crippen LogP contribution in [0.15, 0.2) is 133 Å². The van der Waals surface area contributed by atoms with Crippen LogP contribution in [0.5, 0.6) is 23.0 Å². The lowest BCUT2D eigenvalue weighted by Gasteiger charge is -2.24. The van der Waals surface area contributed by atoms with Crippen LogP contribution >= 0.6 is 0 Å². The molecule has 0 saturated carbocycles. The minimum Gasteiger partial charge on any atom is -0.497 e. The normalized spacial score (nSPS) is 11.2. The number of nitrogens with zero attached hydrogens (tertiary/aromatic N) is 4. The molecule has 0 aliphatic rings. The number of benzene rings is 7. The van der Waals surface area contributed by atoms with Crippen LogP contribution in [0.1, 0.15) is 11.1 Å². The number of hydrogen-bond acceptors (Lipinski definition) is 6. The summed E-state index contributed by atoms with van der Waals surface area (Å²) < 4.78 is 28.0. The zero-order chi connectivity index (χ0) is 38.5. The van der Waals surface area contributed by atoms with Crippen molar-refractivity contribution in [2.24, 2.45) is 0 Å². The van der Waals surface area contributed by atoms with Gasteiger partial charge in [0.25, 0.3) is 0 Å². The Hall–Kier alpha value is -7.68. The molecule has 9 aromatic rings. The number of hydrogen-bond donors (Lipinski definition) is 0. The Morgan fingerprint density at radius 3 is 0.911 bits per heavy atom. The molecule has 8 nitrogen and oxygen atoms in total. The number of aromatic nitrogens is 2. The second-order valence-electron chi connectivity index (χ2n) is 13.4. The summed E-state index contributed by atoms with van der Waals surface area (Å²) in [5.74, 6) is 2.85. The molecule has 0 spiro atoms. The molecule has 0 aliphatic heterocycles. The fraction of sp³-hybridized carbons (Fsp3) is 0.0833. The average molecular weight is 731 g/mol. The smallest absolute Gasteiger partial charge is 0.120 e. The highest BCUT2D eigenvalue weighted by Crippen LogP contribution is 2.47. The molecule has 0 N–H and O–H groups in total. The molecular weight excluding hydrogens is 697 g/mol. The van der Waals surface area contributed by atoms with Gasteiger partial charge in [-0.15, -0.1) is 0 Å². The molecule has 0 unspecified atom stereocenters. The minimum absolute atomic E-state index is 0.567. The maximum atomic E-state index is 9.77. The third-order valence-corrected chi connectivity index (χ3v) is 10.6. The van der Waals surface area contributed by atoms with Crippen LogP contribution in [0, 0.1) is 22.7 Å². The predicted octanol–water partition coefficient (Wildman–Crippen LogP) is 11.0. The lowest BCUT2D eigenvalue weighted by Crippen LogP contribution is -2.08. The van der Waals surface area contributed by atoms with E-state index in [4.69, 9.17) is 18.9 Å². The Morgan fingerprint density at radius 1 is 0.375 bits per heavy atom. The molecule has 56 heavy (non-hydrogen) atoms. The standard InChI is InChI=1S/C48H34N4O4/c1-53-33-13-17-39-40-18-14-34(54-2)24-44(40)51(43(39)23-33)47-37(31-9-5-29(27-49)6-10-31)21-22-38(32-11-7-30(28-50)8-12-32)48(47)52-45-25-35(55-3)15-19-41(45)42-20-16-36(56-4)26-46(42)52/h5-26H,1-4H3. The number of ether oxygens (including phenoxy) is 4. The van der Waals surface area contributed by atoms with Gasteiger partial charge in [0, 0.05) is 56.9 Å². The molecule has 0 bridgehead atoms. The van der Waals surface area contributed by atoms with Crippen LogP contribution in [-0.4, -0.2) is 37.6 Å². The van der Waals surface area contributed by atoms with E-state index in [2.05, 4.69) is 81.9 Å². The zero-order valence-electron chi connectivity index (χ0n) is 31.1. The van der Waals surface area contributed by atoms with Crippen LogP contribution < -0.4 is 18.9 Å². The molecule has 2 heterocycles. The van der Waals surface area contributed by atoms with E-state index in [1.54, 1.807) is 28.4 Å². The van der Waals surface area contributed by atoms with E-state index in [-0.39, 0.29) is 0 Å². The average Bonchev–Trinajstić information content (AvgIpc) is 3.76. The molecule has 0 saturated heterocycles. The maximum Gasteiger partial charge on any atom is 0.120 e. The molecule has 2 aromatic heterocycles. The van der Waals surface area contributed by atoms with Crippen molar-refractivity contribution in [2.75, 3.05) is 28.4 Å². The van der Waals surface area contributed by atoms with E-state index in [0.717, 1.165) is 77.2 Å². The Morgan fingerprint density at radius 2 is 0.661 bits per heavy atom. The van der Waals surface area contributed by atoms with Crippen molar-refractivity contribution in [2.45, 2.75) is 0 Å². The van der Waals surface area contributed by atoms with Crippen molar-refractivity contribution < 1.29 is 18.9 Å². The Bertz CT molecular complexity index is 2760. The highest BCUT2D eigenvalue weighted by atomic mass is 16.5. The molecule has 0 amide bonds. The van der Waals surface area contributed by atoms with E-state index >= 15 is 0 Å². The summed E-state index contributed by atoms with van der Waals surface area (Å²) in [6.07, 6.45) is 0. The Labute approximate surface area is 323 Å². The monoisotopic (exact) mass is 730 g/mol. The van der Waals surface area contributed by atoms with Crippen LogP contribution in [0.25, 0.3) is 77.2 Å². The fourth-order valence-corrected chi connectivity index (χ4v) is 7.89. The largest absolute Gasteiger partial charge is 0.497 e. The van der Waals surface area contributed by atoms with Crippen molar-refractivity contribution in [1.82, 2.24) is 9.13 Å². The van der Waals surface area contributed by atoms with Gasteiger partial charge in [-0.1, -0.05) is 36.4 Å². The van der Waals surface area contributed by atoms with Crippen molar-refractivity contribution in [3.05, 3.63) is 145 Å². The first-order valence-corrected chi connectivity index (χ1v) is 18.0. The van der Waals surface area contributed by atoms with E-state index < -0.39 is 0 Å². The first-order valence-electron chi connectivity index (χ1n) is 18.0. The summed E-state index contributed by atoms with van der Waals surface area (Å²) in [5.41, 5.74) is 10.3. The van der Waals surface area contributed by atoms with Gasteiger partial charge in [-0.25, -0.2) is 0 Å². The SMILES string of the molecule is COc1ccc2c3ccc(OC)cc3n(-c3c(-c4ccc(C#N)cc4)ccc(-c4ccc(C#N)cc4)c3-n3c4cc(OC)ccc4c4ccc(OC)cc43)c2c1. The Balaban J connectivity index is 1.57. The number of nitriles is 2. The van der Waals surface area contributed by atoms with Crippen LogP contribution in [-0.2, 0) is 0 Å². The van der Waals surface area contributed by atoms with Gasteiger partial charge in [-0.3, -0.25) is 0 Å². The summed E-state index contributed by atoms with van der Waals surface area (Å²) in [7, 11) is 6.70. The molecule has 0 aliphatic carbocycles. The molecule has 8 heteroatoms. The van der Waals surface area contributed by atoms with Crippen molar-refractivity contribution in [1.29, 1.82) is 10.5 Å². The maximum absolute atomic E-state index is 9.77. The minimum atomic E-state index is 0.567. The molecule has 0 fully saturated rings. The lowest BCUT2D eigenvalue weighted by atomic mass is 9.94. The second kappa shape index (κ2) is 13.6. The highest BCUT2D eigenvalue weighted by Gasteiger charge is 2.27. The number of rotatable bonds is 8. The first-order chi connectivity index (χ1) is 27.5. The molecule has 7 aromatic carbocycles. The molecule has 0 radical (unpaired) electrons.